The average Bonchev–Trinajstić information content (AvgIpc) is 3.14. The van der Waals surface area contributed by atoms with E-state index in [0.717, 1.165) is 0 Å². The van der Waals surface area contributed by atoms with Crippen LogP contribution in [0.2, 0.25) is 5.02 Å². The molecule has 2 aliphatic rings. The first-order valence-electron chi connectivity index (χ1n) is 8.19. The van der Waals surface area contributed by atoms with Crippen molar-refractivity contribution in [1.82, 2.24) is 0 Å². The zero-order valence-electron chi connectivity index (χ0n) is 13.9. The number of para-hydroxylation sites is 1. The molecule has 8 nitrogen and oxygen atoms in total. The molecule has 2 fully saturated rings. The zero-order valence-corrected chi connectivity index (χ0v) is 14.7. The second-order valence-electron chi connectivity index (χ2n) is 6.02. The average molecular weight is 387 g/mol. The first-order valence-corrected chi connectivity index (χ1v) is 8.57. The number of carbonyl (C=O) groups excluding carboxylic acids is 1. The predicted molar refractivity (Wildman–Crippen MR) is 98.0 cm³/mol. The lowest BCUT2D eigenvalue weighted by Crippen LogP contribution is -2.43. The van der Waals surface area contributed by atoms with Crippen molar-refractivity contribution in [3.05, 3.63) is 59.6 Å². The topological polar surface area (TPSA) is 105 Å². The van der Waals surface area contributed by atoms with Crippen LogP contribution in [0.1, 0.15) is 0 Å². The standard InChI is InChI=1S/C18H15ClN4O4/c19-11-6-8-13(9-7-11)21-23-18-15(22-20-12-4-2-1-3-5-12)17(25)27-16(18)14(24)10-26-18/h1-9,14,16,20,24H,10H2/b22-15+,23-21?. The van der Waals surface area contributed by atoms with E-state index in [1.807, 2.05) is 18.2 Å². The van der Waals surface area contributed by atoms with E-state index in [9.17, 15) is 9.90 Å². The fourth-order valence-electron chi connectivity index (χ4n) is 2.85. The summed E-state index contributed by atoms with van der Waals surface area (Å²) in [6.07, 6.45) is -2.04. The minimum Gasteiger partial charge on any atom is -0.449 e. The van der Waals surface area contributed by atoms with Crippen LogP contribution < -0.4 is 5.43 Å². The van der Waals surface area contributed by atoms with Gasteiger partial charge in [0, 0.05) is 5.02 Å². The minimum absolute atomic E-state index is 0.0536. The van der Waals surface area contributed by atoms with Crippen LogP contribution in [0.3, 0.4) is 0 Å². The molecule has 9 heteroatoms. The van der Waals surface area contributed by atoms with E-state index in [1.165, 1.54) is 0 Å². The fourth-order valence-corrected chi connectivity index (χ4v) is 2.98. The molecule has 3 unspecified atom stereocenters. The Balaban J connectivity index is 1.68. The molecule has 0 radical (unpaired) electrons. The molecular formula is C18H15ClN4O4. The number of aliphatic hydroxyl groups excluding tert-OH is 1. The first-order chi connectivity index (χ1) is 13.1. The Kier molecular flexibility index (Phi) is 4.61. The lowest BCUT2D eigenvalue weighted by Gasteiger charge is -2.19. The van der Waals surface area contributed by atoms with Gasteiger partial charge >= 0.3 is 5.97 Å². The van der Waals surface area contributed by atoms with E-state index in [1.54, 1.807) is 36.4 Å². The fraction of sp³-hybridized carbons (Fsp3) is 0.222. The van der Waals surface area contributed by atoms with Crippen molar-refractivity contribution in [2.75, 3.05) is 12.0 Å². The maximum absolute atomic E-state index is 12.3. The van der Waals surface area contributed by atoms with Crippen LogP contribution in [0.4, 0.5) is 11.4 Å². The summed E-state index contributed by atoms with van der Waals surface area (Å²) in [5, 5.41) is 23.1. The summed E-state index contributed by atoms with van der Waals surface area (Å²) in [6.45, 7) is -0.0536. The minimum atomic E-state index is -1.61. The summed E-state index contributed by atoms with van der Waals surface area (Å²) in [4.78, 5) is 12.3. The quantitative estimate of drug-likeness (QED) is 0.477. The van der Waals surface area contributed by atoms with Gasteiger partial charge in [0.2, 0.25) is 5.71 Å². The molecule has 2 heterocycles. The third-order valence-corrected chi connectivity index (χ3v) is 4.44. The molecule has 138 valence electrons. The summed E-state index contributed by atoms with van der Waals surface area (Å²) in [5.41, 5.74) is 2.24. The van der Waals surface area contributed by atoms with Crippen molar-refractivity contribution in [3.8, 4) is 0 Å². The Morgan fingerprint density at radius 1 is 1.15 bits per heavy atom. The van der Waals surface area contributed by atoms with Gasteiger partial charge in [-0.3, -0.25) is 5.43 Å². The maximum Gasteiger partial charge on any atom is 0.360 e. The largest absolute Gasteiger partial charge is 0.449 e. The second kappa shape index (κ2) is 7.07. The summed E-state index contributed by atoms with van der Waals surface area (Å²) < 4.78 is 10.9. The third-order valence-electron chi connectivity index (χ3n) is 4.19. The molecule has 2 saturated heterocycles. The van der Waals surface area contributed by atoms with Crippen LogP contribution in [-0.2, 0) is 14.3 Å². The van der Waals surface area contributed by atoms with E-state index in [-0.39, 0.29) is 12.3 Å². The van der Waals surface area contributed by atoms with Gasteiger partial charge in [-0.25, -0.2) is 4.79 Å². The second-order valence-corrected chi connectivity index (χ2v) is 6.45. The Labute approximate surface area is 159 Å². The number of anilines is 1. The molecule has 2 aromatic carbocycles. The monoisotopic (exact) mass is 386 g/mol. The summed E-state index contributed by atoms with van der Waals surface area (Å²) in [6, 6.07) is 15.7. The number of nitrogens with zero attached hydrogens (tertiary/aromatic N) is 3. The smallest absolute Gasteiger partial charge is 0.360 e. The molecule has 0 spiro atoms. The molecule has 0 saturated carbocycles. The lowest BCUT2D eigenvalue weighted by molar-refractivity contribution is -0.141. The van der Waals surface area contributed by atoms with Crippen LogP contribution >= 0.6 is 11.6 Å². The Hall–Kier alpha value is -2.81. The van der Waals surface area contributed by atoms with Crippen molar-refractivity contribution < 1.29 is 19.4 Å². The van der Waals surface area contributed by atoms with Crippen LogP contribution in [-0.4, -0.2) is 41.3 Å². The van der Waals surface area contributed by atoms with E-state index in [0.29, 0.717) is 16.4 Å². The molecule has 0 aliphatic carbocycles. The predicted octanol–water partition coefficient (Wildman–Crippen LogP) is 2.90. The van der Waals surface area contributed by atoms with Gasteiger partial charge in [0.1, 0.15) is 6.10 Å². The maximum atomic E-state index is 12.3. The van der Waals surface area contributed by atoms with Gasteiger partial charge in [-0.1, -0.05) is 29.8 Å². The third kappa shape index (κ3) is 3.30. The number of hydrazone groups is 1. The number of benzene rings is 2. The molecule has 0 amide bonds. The Morgan fingerprint density at radius 2 is 1.89 bits per heavy atom. The number of aliphatic hydroxyl groups is 1. The number of hydrogen-bond acceptors (Lipinski definition) is 8. The van der Waals surface area contributed by atoms with Gasteiger partial charge in [-0.15, -0.1) is 5.11 Å². The molecule has 2 aromatic rings. The van der Waals surface area contributed by atoms with Crippen LogP contribution in [0.5, 0.6) is 0 Å². The van der Waals surface area contributed by atoms with Gasteiger partial charge in [-0.05, 0) is 36.4 Å². The van der Waals surface area contributed by atoms with E-state index in [4.69, 9.17) is 21.1 Å². The normalized spacial score (nSPS) is 28.5. The van der Waals surface area contributed by atoms with E-state index < -0.39 is 23.9 Å². The first kappa shape index (κ1) is 17.6. The molecule has 0 bridgehead atoms. The number of halogens is 1. The highest BCUT2D eigenvalue weighted by atomic mass is 35.5. The molecule has 0 aromatic heterocycles. The van der Waals surface area contributed by atoms with Gasteiger partial charge < -0.3 is 14.6 Å². The number of esters is 1. The number of hydrogen-bond donors (Lipinski definition) is 2. The van der Waals surface area contributed by atoms with Gasteiger partial charge in [-0.2, -0.15) is 10.2 Å². The molecule has 3 atom stereocenters. The van der Waals surface area contributed by atoms with Crippen LogP contribution in [0.25, 0.3) is 0 Å². The van der Waals surface area contributed by atoms with Gasteiger partial charge in [0.15, 0.2) is 6.10 Å². The highest BCUT2D eigenvalue weighted by molar-refractivity contribution is 6.42. The van der Waals surface area contributed by atoms with Crippen LogP contribution in [0.15, 0.2) is 69.9 Å². The van der Waals surface area contributed by atoms with Crippen molar-refractivity contribution in [3.63, 3.8) is 0 Å². The van der Waals surface area contributed by atoms with Crippen LogP contribution in [0, 0.1) is 0 Å². The summed E-state index contributed by atoms with van der Waals surface area (Å²) in [5.74, 6) is -0.725. The van der Waals surface area contributed by atoms with Crippen molar-refractivity contribution >= 4 is 34.7 Å². The summed E-state index contributed by atoms with van der Waals surface area (Å²) >= 11 is 5.87. The van der Waals surface area contributed by atoms with Crippen molar-refractivity contribution in [2.45, 2.75) is 17.9 Å². The highest BCUT2D eigenvalue weighted by Crippen LogP contribution is 2.39. The molecular weight excluding hydrogens is 372 g/mol. The number of azo groups is 1. The number of nitrogens with one attached hydrogen (secondary N) is 1. The van der Waals surface area contributed by atoms with Crippen molar-refractivity contribution in [1.29, 1.82) is 0 Å². The van der Waals surface area contributed by atoms with Gasteiger partial charge in [0.25, 0.3) is 5.72 Å². The van der Waals surface area contributed by atoms with Crippen molar-refractivity contribution in [2.24, 2.45) is 15.3 Å². The molecule has 2 N–H and O–H groups in total. The van der Waals surface area contributed by atoms with E-state index in [2.05, 4.69) is 20.8 Å². The molecule has 4 rings (SSSR count). The molecule has 2 aliphatic heterocycles. The number of ether oxygens (including phenoxy) is 2. The van der Waals surface area contributed by atoms with E-state index >= 15 is 0 Å². The SMILES string of the molecule is O=C1OC2C(O)COC2(N=Nc2ccc(Cl)cc2)/C1=N/Nc1ccccc1. The summed E-state index contributed by atoms with van der Waals surface area (Å²) in [7, 11) is 0. The lowest BCUT2D eigenvalue weighted by atomic mass is 10.0. The van der Waals surface area contributed by atoms with Gasteiger partial charge in [0.05, 0.1) is 18.0 Å². The Morgan fingerprint density at radius 3 is 2.63 bits per heavy atom. The number of carbonyl (C=O) groups is 1. The molecule has 27 heavy (non-hydrogen) atoms. The zero-order chi connectivity index (χ0) is 18.9. The Bertz CT molecular complexity index is 903. The number of rotatable bonds is 4. The number of fused-ring (bicyclic) bond motifs is 1. The highest BCUT2D eigenvalue weighted by Gasteiger charge is 2.64.